The highest BCUT2D eigenvalue weighted by Gasteiger charge is 2.39. The van der Waals surface area contributed by atoms with Crippen molar-refractivity contribution in [3.63, 3.8) is 0 Å². The molecule has 1 aromatic carbocycles. The second kappa shape index (κ2) is 6.30. The van der Waals surface area contributed by atoms with Gasteiger partial charge < -0.3 is 15.5 Å². The Labute approximate surface area is 140 Å². The average Bonchev–Trinajstić information content (AvgIpc) is 2.37. The van der Waals surface area contributed by atoms with Crippen LogP contribution in [0.15, 0.2) is 18.2 Å². The number of aryl methyl sites for hydroxylation is 1. The molecule has 3 nitrogen and oxygen atoms in total. The number of hydrogen-bond donors (Lipinski definition) is 2. The van der Waals surface area contributed by atoms with Crippen LogP contribution in [0.2, 0.25) is 18.1 Å². The topological polar surface area (TPSA) is 47.3 Å². The number of hydrogen-bond acceptors (Lipinski definition) is 2. The standard InChI is InChI=1S/C17H28N2OSSi/c1-17(2,3)22(4,5)20-13-10-9-12-7-6-8-15(14(12)11-13)19-16(18)21/h6-8,13H,9-11H2,1-5H3,(H3,18,19,21). The Bertz CT molecular complexity index is 566. The lowest BCUT2D eigenvalue weighted by Crippen LogP contribution is -2.45. The van der Waals surface area contributed by atoms with Crippen molar-refractivity contribution < 1.29 is 4.43 Å². The highest BCUT2D eigenvalue weighted by Crippen LogP contribution is 2.39. The van der Waals surface area contributed by atoms with Gasteiger partial charge in [0.25, 0.3) is 0 Å². The molecule has 0 saturated carbocycles. The van der Waals surface area contributed by atoms with Gasteiger partial charge in [0.05, 0.1) is 0 Å². The molecular weight excluding hydrogens is 308 g/mol. The van der Waals surface area contributed by atoms with Gasteiger partial charge in [-0.05, 0) is 66.8 Å². The summed E-state index contributed by atoms with van der Waals surface area (Å²) in [5.74, 6) is 0. The minimum atomic E-state index is -1.73. The Morgan fingerprint density at radius 1 is 1.36 bits per heavy atom. The van der Waals surface area contributed by atoms with Gasteiger partial charge in [0.2, 0.25) is 0 Å². The van der Waals surface area contributed by atoms with Crippen LogP contribution >= 0.6 is 12.2 Å². The van der Waals surface area contributed by atoms with Crippen molar-refractivity contribution in [1.29, 1.82) is 0 Å². The minimum Gasteiger partial charge on any atom is -0.414 e. The number of benzene rings is 1. The molecule has 0 amide bonds. The minimum absolute atomic E-state index is 0.240. The number of thiocarbonyl (C=S) groups is 1. The molecule has 122 valence electrons. The van der Waals surface area contributed by atoms with Crippen LogP contribution in [0, 0.1) is 0 Å². The van der Waals surface area contributed by atoms with E-state index < -0.39 is 8.32 Å². The first-order valence-electron chi connectivity index (χ1n) is 7.95. The van der Waals surface area contributed by atoms with E-state index in [0.29, 0.717) is 11.2 Å². The number of rotatable bonds is 3. The summed E-state index contributed by atoms with van der Waals surface area (Å²) in [6.45, 7) is 11.5. The maximum Gasteiger partial charge on any atom is 0.192 e. The third kappa shape index (κ3) is 3.89. The molecule has 0 bridgehead atoms. The molecule has 0 saturated heterocycles. The summed E-state index contributed by atoms with van der Waals surface area (Å²) in [4.78, 5) is 0. The zero-order valence-corrected chi connectivity index (χ0v) is 16.1. The normalized spacial score (nSPS) is 18.7. The van der Waals surface area contributed by atoms with Gasteiger partial charge >= 0.3 is 0 Å². The molecule has 0 fully saturated rings. The molecular formula is C17H28N2OSSi. The summed E-state index contributed by atoms with van der Waals surface area (Å²) in [7, 11) is -1.73. The molecule has 1 atom stereocenters. The second-order valence-corrected chi connectivity index (χ2v) is 12.9. The molecule has 1 aliphatic carbocycles. The molecule has 1 aliphatic rings. The van der Waals surface area contributed by atoms with Crippen LogP contribution in [0.3, 0.4) is 0 Å². The quantitative estimate of drug-likeness (QED) is 0.641. The lowest BCUT2D eigenvalue weighted by atomic mass is 9.88. The molecule has 0 radical (unpaired) electrons. The van der Waals surface area contributed by atoms with Gasteiger partial charge in [0.1, 0.15) is 0 Å². The van der Waals surface area contributed by atoms with E-state index >= 15 is 0 Å². The first-order valence-corrected chi connectivity index (χ1v) is 11.3. The third-order valence-corrected chi connectivity index (χ3v) is 9.60. The Hall–Kier alpha value is -0.913. The van der Waals surface area contributed by atoms with Crippen LogP contribution < -0.4 is 11.1 Å². The van der Waals surface area contributed by atoms with Gasteiger partial charge in [-0.2, -0.15) is 0 Å². The van der Waals surface area contributed by atoms with Crippen molar-refractivity contribution in [2.45, 2.75) is 64.3 Å². The van der Waals surface area contributed by atoms with E-state index in [4.69, 9.17) is 22.4 Å². The maximum atomic E-state index is 6.61. The third-order valence-electron chi connectivity index (χ3n) is 4.97. The van der Waals surface area contributed by atoms with Crippen LogP contribution in [0.25, 0.3) is 0 Å². The predicted octanol–water partition coefficient (Wildman–Crippen LogP) is 4.22. The Balaban J connectivity index is 2.19. The smallest absolute Gasteiger partial charge is 0.192 e. The Morgan fingerprint density at radius 2 is 2.05 bits per heavy atom. The fourth-order valence-corrected chi connectivity index (χ4v) is 4.20. The Morgan fingerprint density at radius 3 is 2.64 bits per heavy atom. The number of nitrogens with one attached hydrogen (secondary N) is 1. The van der Waals surface area contributed by atoms with Crippen LogP contribution in [-0.4, -0.2) is 19.5 Å². The zero-order valence-electron chi connectivity index (χ0n) is 14.3. The molecule has 0 spiro atoms. The van der Waals surface area contributed by atoms with E-state index in [9.17, 15) is 0 Å². The SMILES string of the molecule is CC(C)(C)[Si](C)(C)OC1CCc2cccc(NC(N)=S)c2C1. The monoisotopic (exact) mass is 336 g/mol. The molecule has 0 heterocycles. The van der Waals surface area contributed by atoms with Gasteiger partial charge in [-0.25, -0.2) is 0 Å². The van der Waals surface area contributed by atoms with Gasteiger partial charge in [0, 0.05) is 11.8 Å². The number of fused-ring (bicyclic) bond motifs is 1. The van der Waals surface area contributed by atoms with Crippen molar-refractivity contribution in [1.82, 2.24) is 0 Å². The van der Waals surface area contributed by atoms with Crippen molar-refractivity contribution in [3.05, 3.63) is 29.3 Å². The van der Waals surface area contributed by atoms with Gasteiger partial charge in [0.15, 0.2) is 13.4 Å². The largest absolute Gasteiger partial charge is 0.414 e. The van der Waals surface area contributed by atoms with E-state index in [1.165, 1.54) is 11.1 Å². The average molecular weight is 337 g/mol. The number of anilines is 1. The fourth-order valence-electron chi connectivity index (χ4n) is 2.70. The summed E-state index contributed by atoms with van der Waals surface area (Å²) >= 11 is 4.99. The molecule has 2 rings (SSSR count). The molecule has 1 unspecified atom stereocenters. The molecule has 3 N–H and O–H groups in total. The van der Waals surface area contributed by atoms with Crippen LogP contribution in [0.5, 0.6) is 0 Å². The first kappa shape index (κ1) is 17.4. The molecule has 5 heteroatoms. The number of nitrogens with two attached hydrogens (primary N) is 1. The van der Waals surface area contributed by atoms with Gasteiger partial charge in [-0.3, -0.25) is 0 Å². The summed E-state index contributed by atoms with van der Waals surface area (Å²) in [6, 6.07) is 6.31. The lowest BCUT2D eigenvalue weighted by molar-refractivity contribution is 0.165. The Kier molecular flexibility index (Phi) is 4.99. The predicted molar refractivity (Wildman–Crippen MR) is 101 cm³/mol. The van der Waals surface area contributed by atoms with E-state index in [-0.39, 0.29) is 5.04 Å². The van der Waals surface area contributed by atoms with Crippen LogP contribution in [0.4, 0.5) is 5.69 Å². The van der Waals surface area contributed by atoms with Crippen molar-refractivity contribution in [2.24, 2.45) is 5.73 Å². The van der Waals surface area contributed by atoms with Crippen LogP contribution in [0.1, 0.15) is 38.3 Å². The van der Waals surface area contributed by atoms with Crippen molar-refractivity contribution in [3.8, 4) is 0 Å². The molecule has 22 heavy (non-hydrogen) atoms. The molecule has 1 aromatic rings. The van der Waals surface area contributed by atoms with E-state index in [1.807, 2.05) is 6.07 Å². The molecule has 0 aromatic heterocycles. The zero-order chi connectivity index (χ0) is 16.5. The van der Waals surface area contributed by atoms with Gasteiger partial charge in [-0.15, -0.1) is 0 Å². The summed E-state index contributed by atoms with van der Waals surface area (Å²) in [5, 5.41) is 3.67. The highest BCUT2D eigenvalue weighted by molar-refractivity contribution is 7.80. The summed E-state index contributed by atoms with van der Waals surface area (Å²) < 4.78 is 6.61. The van der Waals surface area contributed by atoms with Gasteiger partial charge in [-0.1, -0.05) is 32.9 Å². The van der Waals surface area contributed by atoms with E-state index in [1.54, 1.807) is 0 Å². The van der Waals surface area contributed by atoms with E-state index in [0.717, 1.165) is 24.9 Å². The van der Waals surface area contributed by atoms with Crippen molar-refractivity contribution in [2.75, 3.05) is 5.32 Å². The first-order chi connectivity index (χ1) is 10.1. The molecule has 0 aliphatic heterocycles. The van der Waals surface area contributed by atoms with Crippen LogP contribution in [-0.2, 0) is 17.3 Å². The lowest BCUT2D eigenvalue weighted by Gasteiger charge is -2.40. The summed E-state index contributed by atoms with van der Waals surface area (Å²) in [6.07, 6.45) is 3.38. The van der Waals surface area contributed by atoms with E-state index in [2.05, 4.69) is 51.3 Å². The maximum absolute atomic E-state index is 6.61. The highest BCUT2D eigenvalue weighted by atomic mass is 32.1. The summed E-state index contributed by atoms with van der Waals surface area (Å²) in [5.41, 5.74) is 9.38. The second-order valence-electron chi connectivity index (χ2n) is 7.68. The van der Waals surface area contributed by atoms with Crippen molar-refractivity contribution >= 4 is 31.3 Å². The fraction of sp³-hybridized carbons (Fsp3) is 0.588.